The van der Waals surface area contributed by atoms with Gasteiger partial charge in [0.15, 0.2) is 0 Å². The summed E-state index contributed by atoms with van der Waals surface area (Å²) in [6, 6.07) is 1.63. The summed E-state index contributed by atoms with van der Waals surface area (Å²) in [6.45, 7) is 3.98. The topological polar surface area (TPSA) is 61.0 Å². The zero-order chi connectivity index (χ0) is 9.14. The van der Waals surface area contributed by atoms with Gasteiger partial charge in [-0.25, -0.2) is 0 Å². The summed E-state index contributed by atoms with van der Waals surface area (Å²) in [4.78, 5) is 9.77. The first-order chi connectivity index (χ1) is 5.65. The van der Waals surface area contributed by atoms with Crippen molar-refractivity contribution in [3.8, 4) is 0 Å². The van der Waals surface area contributed by atoms with Crippen molar-refractivity contribution in [1.29, 1.82) is 0 Å². The van der Waals surface area contributed by atoms with Gasteiger partial charge in [0.25, 0.3) is 0 Å². The second-order valence-corrected chi connectivity index (χ2v) is 2.67. The third-order valence-corrected chi connectivity index (χ3v) is 1.82. The normalized spacial score (nSPS) is 12.8. The first kappa shape index (κ1) is 8.70. The highest BCUT2D eigenvalue weighted by molar-refractivity contribution is 5.14. The van der Waals surface area contributed by atoms with Crippen molar-refractivity contribution >= 4 is 5.82 Å². The van der Waals surface area contributed by atoms with E-state index in [4.69, 9.17) is 0 Å². The largest absolute Gasteiger partial charge is 0.389 e. The lowest BCUT2D eigenvalue weighted by atomic mass is 10.3. The fourth-order valence-corrected chi connectivity index (χ4v) is 0.858. The summed E-state index contributed by atoms with van der Waals surface area (Å²) in [5.74, 6) is -0.0877. The van der Waals surface area contributed by atoms with Crippen molar-refractivity contribution in [1.82, 2.24) is 9.78 Å². The Labute approximate surface area is 70.2 Å². The Balaban J connectivity index is 2.84. The quantitative estimate of drug-likeness (QED) is 0.511. The predicted octanol–water partition coefficient (Wildman–Crippen LogP) is 1.76. The second kappa shape index (κ2) is 3.34. The first-order valence-corrected chi connectivity index (χ1v) is 3.84. The Bertz CT molecular complexity index is 282. The lowest BCUT2D eigenvalue weighted by Crippen LogP contribution is -2.04. The van der Waals surface area contributed by atoms with Crippen LogP contribution in [0.15, 0.2) is 12.3 Å². The molecule has 1 aromatic rings. The fraction of sp³-hybridized carbons (Fsp3) is 0.571. The van der Waals surface area contributed by atoms with Crippen LogP contribution in [-0.2, 0) is 0 Å². The van der Waals surface area contributed by atoms with Crippen molar-refractivity contribution in [3.05, 3.63) is 22.4 Å². The Kier molecular flexibility index (Phi) is 2.42. The molecule has 0 bridgehead atoms. The van der Waals surface area contributed by atoms with Gasteiger partial charge in [0.1, 0.15) is 0 Å². The van der Waals surface area contributed by atoms with Crippen molar-refractivity contribution < 1.29 is 4.92 Å². The van der Waals surface area contributed by atoms with Crippen LogP contribution in [0, 0.1) is 10.1 Å². The van der Waals surface area contributed by atoms with Gasteiger partial charge in [-0.05, 0) is 18.3 Å². The van der Waals surface area contributed by atoms with Gasteiger partial charge in [-0.2, -0.15) is 4.68 Å². The van der Waals surface area contributed by atoms with E-state index in [1.54, 1.807) is 10.9 Å². The molecule has 12 heavy (non-hydrogen) atoms. The van der Waals surface area contributed by atoms with E-state index in [1.807, 2.05) is 13.8 Å². The molecule has 0 saturated carbocycles. The van der Waals surface area contributed by atoms with Gasteiger partial charge >= 0.3 is 5.82 Å². The number of nitro groups is 1. The summed E-state index contributed by atoms with van der Waals surface area (Å²) >= 11 is 0. The lowest BCUT2D eigenvalue weighted by molar-refractivity contribution is -0.389. The van der Waals surface area contributed by atoms with Crippen LogP contribution in [0.1, 0.15) is 26.3 Å². The molecule has 66 valence electrons. The Morgan fingerprint density at radius 1 is 1.83 bits per heavy atom. The highest BCUT2D eigenvalue weighted by atomic mass is 16.6. The predicted molar refractivity (Wildman–Crippen MR) is 43.9 cm³/mol. The van der Waals surface area contributed by atoms with Crippen LogP contribution in [0.3, 0.4) is 0 Å². The zero-order valence-electron chi connectivity index (χ0n) is 7.10. The number of hydrogen-bond donors (Lipinski definition) is 0. The fourth-order valence-electron chi connectivity index (χ4n) is 0.858. The molecule has 0 N–H and O–H groups in total. The first-order valence-electron chi connectivity index (χ1n) is 3.84. The SMILES string of the molecule is CCC(C)n1ccc([N+](=O)[O-])n1. The highest BCUT2D eigenvalue weighted by Crippen LogP contribution is 2.12. The van der Waals surface area contributed by atoms with E-state index in [0.717, 1.165) is 6.42 Å². The molecule has 5 nitrogen and oxygen atoms in total. The number of rotatable bonds is 3. The molecule has 0 aliphatic rings. The van der Waals surface area contributed by atoms with E-state index in [-0.39, 0.29) is 11.9 Å². The number of hydrogen-bond acceptors (Lipinski definition) is 3. The van der Waals surface area contributed by atoms with Gasteiger partial charge in [-0.3, -0.25) is 0 Å². The molecule has 0 amide bonds. The summed E-state index contributed by atoms with van der Waals surface area (Å²) in [5, 5.41) is 14.1. The molecule has 0 spiro atoms. The van der Waals surface area contributed by atoms with E-state index < -0.39 is 4.92 Å². The van der Waals surface area contributed by atoms with Crippen LogP contribution in [-0.4, -0.2) is 14.7 Å². The molecule has 0 fully saturated rings. The minimum atomic E-state index is -0.487. The van der Waals surface area contributed by atoms with Gasteiger partial charge in [-0.1, -0.05) is 6.92 Å². The van der Waals surface area contributed by atoms with Crippen molar-refractivity contribution in [2.24, 2.45) is 0 Å². The molecule has 0 saturated heterocycles. The molecule has 1 rings (SSSR count). The third kappa shape index (κ3) is 1.61. The van der Waals surface area contributed by atoms with Crippen LogP contribution in [0.25, 0.3) is 0 Å². The summed E-state index contributed by atoms with van der Waals surface area (Å²) in [6.07, 6.45) is 2.55. The number of aromatic nitrogens is 2. The molecule has 0 radical (unpaired) electrons. The van der Waals surface area contributed by atoms with Crippen LogP contribution < -0.4 is 0 Å². The minimum Gasteiger partial charge on any atom is -0.358 e. The average molecular weight is 169 g/mol. The van der Waals surface area contributed by atoms with Crippen molar-refractivity contribution in [3.63, 3.8) is 0 Å². The van der Waals surface area contributed by atoms with Gasteiger partial charge in [0, 0.05) is 0 Å². The van der Waals surface area contributed by atoms with Crippen LogP contribution in [0.4, 0.5) is 5.82 Å². The summed E-state index contributed by atoms with van der Waals surface area (Å²) < 4.78 is 1.61. The van der Waals surface area contributed by atoms with Crippen molar-refractivity contribution in [2.75, 3.05) is 0 Å². The standard InChI is InChI=1S/C7H11N3O2/c1-3-6(2)9-5-4-7(8-9)10(11)12/h4-6H,3H2,1-2H3. The molecule has 0 aliphatic carbocycles. The monoisotopic (exact) mass is 169 g/mol. The summed E-state index contributed by atoms with van der Waals surface area (Å²) in [7, 11) is 0. The summed E-state index contributed by atoms with van der Waals surface area (Å²) in [5.41, 5.74) is 0. The van der Waals surface area contributed by atoms with Crippen LogP contribution in [0.2, 0.25) is 0 Å². The average Bonchev–Trinajstić information content (AvgIpc) is 2.51. The Morgan fingerprint density at radius 3 is 2.92 bits per heavy atom. The Hall–Kier alpha value is -1.39. The molecule has 1 heterocycles. The molecule has 1 unspecified atom stereocenters. The van der Waals surface area contributed by atoms with Crippen molar-refractivity contribution in [2.45, 2.75) is 26.3 Å². The van der Waals surface area contributed by atoms with Gasteiger partial charge < -0.3 is 10.1 Å². The van der Waals surface area contributed by atoms with Gasteiger partial charge in [0.2, 0.25) is 0 Å². The van der Waals surface area contributed by atoms with E-state index in [9.17, 15) is 10.1 Å². The molecule has 5 heteroatoms. The number of nitrogens with zero attached hydrogens (tertiary/aromatic N) is 3. The zero-order valence-corrected chi connectivity index (χ0v) is 7.10. The molecule has 1 aromatic heterocycles. The molecular weight excluding hydrogens is 158 g/mol. The minimum absolute atomic E-state index is 0.0877. The van der Waals surface area contributed by atoms with Crippen LogP contribution >= 0.6 is 0 Å². The second-order valence-electron chi connectivity index (χ2n) is 2.67. The van der Waals surface area contributed by atoms with E-state index in [2.05, 4.69) is 5.10 Å². The molecular formula is C7H11N3O2. The maximum atomic E-state index is 10.3. The maximum Gasteiger partial charge on any atom is 0.389 e. The molecule has 0 aliphatic heterocycles. The Morgan fingerprint density at radius 2 is 2.50 bits per heavy atom. The van der Waals surface area contributed by atoms with Crippen LogP contribution in [0.5, 0.6) is 0 Å². The molecule has 1 atom stereocenters. The smallest absolute Gasteiger partial charge is 0.358 e. The van der Waals surface area contributed by atoms with E-state index in [1.165, 1.54) is 6.07 Å². The van der Waals surface area contributed by atoms with Gasteiger partial charge in [0.05, 0.1) is 23.4 Å². The third-order valence-electron chi connectivity index (χ3n) is 1.82. The highest BCUT2D eigenvalue weighted by Gasteiger charge is 2.13. The molecule has 0 aromatic carbocycles. The van der Waals surface area contributed by atoms with E-state index in [0.29, 0.717) is 0 Å². The lowest BCUT2D eigenvalue weighted by Gasteiger charge is -2.02. The maximum absolute atomic E-state index is 10.3. The van der Waals surface area contributed by atoms with Gasteiger partial charge in [-0.15, -0.1) is 0 Å². The van der Waals surface area contributed by atoms with E-state index >= 15 is 0 Å².